The Morgan fingerprint density at radius 2 is 2.04 bits per heavy atom. The number of nitrogens with one attached hydrogen (secondary N) is 2. The van der Waals surface area contributed by atoms with Crippen molar-refractivity contribution in [1.82, 2.24) is 29.1 Å². The van der Waals surface area contributed by atoms with Crippen LogP contribution in [-0.2, 0) is 25.4 Å². The number of nitrogens with zero attached hydrogens (tertiary/aromatic N) is 5. The van der Waals surface area contributed by atoms with E-state index in [-0.39, 0.29) is 17.7 Å². The molecule has 142 valence electrons. The number of rotatable bonds is 4. The molecule has 10 nitrogen and oxygen atoms in total. The smallest absolute Gasteiger partial charge is 0.332 e. The minimum absolute atomic E-state index is 0.158. The number of carbonyl (C=O) groups excluding carboxylic acids is 1. The summed E-state index contributed by atoms with van der Waals surface area (Å²) >= 11 is 0. The average Bonchev–Trinajstić information content (AvgIpc) is 3.29. The van der Waals surface area contributed by atoms with Gasteiger partial charge in [0.2, 0.25) is 0 Å². The predicted octanol–water partition coefficient (Wildman–Crippen LogP) is 0.0653. The molecule has 3 heterocycles. The third kappa shape index (κ3) is 2.80. The molecule has 0 aliphatic rings. The van der Waals surface area contributed by atoms with Crippen molar-refractivity contribution in [3.8, 4) is 0 Å². The topological polar surface area (TPSA) is 119 Å². The first-order chi connectivity index (χ1) is 13.5. The second-order valence-corrected chi connectivity index (χ2v) is 6.33. The highest BCUT2D eigenvalue weighted by Gasteiger charge is 2.15. The van der Waals surface area contributed by atoms with Crippen molar-refractivity contribution in [2.75, 3.05) is 0 Å². The number of amides is 1. The molecule has 4 aromatic rings. The lowest BCUT2D eigenvalue weighted by molar-refractivity contribution is -0.121. The Labute approximate surface area is 157 Å². The van der Waals surface area contributed by atoms with Crippen LogP contribution in [0.5, 0.6) is 0 Å². The van der Waals surface area contributed by atoms with Gasteiger partial charge in [-0.15, -0.1) is 0 Å². The van der Waals surface area contributed by atoms with Gasteiger partial charge < -0.3 is 9.55 Å². The monoisotopic (exact) mass is 379 g/mol. The molecule has 0 unspecified atom stereocenters. The normalized spacial score (nSPS) is 11.6. The van der Waals surface area contributed by atoms with Gasteiger partial charge in [0.15, 0.2) is 11.2 Å². The molecule has 1 amide bonds. The van der Waals surface area contributed by atoms with E-state index in [4.69, 9.17) is 0 Å². The molecule has 0 aliphatic heterocycles. The molecule has 0 fully saturated rings. The second kappa shape index (κ2) is 6.65. The molecule has 2 N–H and O–H groups in total. The van der Waals surface area contributed by atoms with Crippen LogP contribution in [0, 0.1) is 0 Å². The standard InChI is InChI=1S/C18H17N7O3/c1-23-16-15(17(27)24(2)18(23)28)25(10-20-16)9-14(26)22-21-8-11-7-19-13-6-4-3-5-12(11)13/h3-8,10,19H,9H2,1-2H3,(H,22,26). The first-order valence-electron chi connectivity index (χ1n) is 8.46. The maximum Gasteiger partial charge on any atom is 0.332 e. The lowest BCUT2D eigenvalue weighted by atomic mass is 10.2. The van der Waals surface area contributed by atoms with E-state index in [0.29, 0.717) is 0 Å². The zero-order valence-electron chi connectivity index (χ0n) is 15.2. The summed E-state index contributed by atoms with van der Waals surface area (Å²) in [4.78, 5) is 43.8. The third-order valence-corrected chi connectivity index (χ3v) is 4.55. The third-order valence-electron chi connectivity index (χ3n) is 4.55. The molecule has 0 spiro atoms. The lowest BCUT2D eigenvalue weighted by Crippen LogP contribution is -2.38. The van der Waals surface area contributed by atoms with Crippen LogP contribution < -0.4 is 16.7 Å². The van der Waals surface area contributed by atoms with Crippen molar-refractivity contribution in [2.45, 2.75) is 6.54 Å². The summed E-state index contributed by atoms with van der Waals surface area (Å²) in [7, 11) is 2.90. The van der Waals surface area contributed by atoms with Crippen molar-refractivity contribution >= 4 is 34.2 Å². The maximum absolute atomic E-state index is 12.4. The zero-order chi connectivity index (χ0) is 19.8. The van der Waals surface area contributed by atoms with Gasteiger partial charge in [-0.3, -0.25) is 18.7 Å². The van der Waals surface area contributed by atoms with Crippen LogP contribution in [0.4, 0.5) is 0 Å². The number of benzene rings is 1. The summed E-state index contributed by atoms with van der Waals surface area (Å²) in [5, 5.41) is 4.97. The number of hydrazone groups is 1. The fraction of sp³-hybridized carbons (Fsp3) is 0.167. The number of aromatic nitrogens is 5. The van der Waals surface area contributed by atoms with E-state index < -0.39 is 17.2 Å². The molecule has 1 aromatic carbocycles. The van der Waals surface area contributed by atoms with E-state index in [1.165, 1.54) is 29.6 Å². The summed E-state index contributed by atoms with van der Waals surface area (Å²) in [6.45, 7) is -0.158. The van der Waals surface area contributed by atoms with Gasteiger partial charge in [-0.25, -0.2) is 15.2 Å². The molecule has 4 rings (SSSR count). The Kier molecular flexibility index (Phi) is 4.15. The van der Waals surface area contributed by atoms with E-state index in [0.717, 1.165) is 21.0 Å². The van der Waals surface area contributed by atoms with Crippen molar-refractivity contribution in [3.05, 3.63) is 63.2 Å². The molecular weight excluding hydrogens is 362 g/mol. The SMILES string of the molecule is Cn1c(=O)c2c(ncn2CC(=O)NN=Cc2c[nH]c3ccccc23)n(C)c1=O. The van der Waals surface area contributed by atoms with Gasteiger partial charge >= 0.3 is 5.69 Å². The molecule has 0 bridgehead atoms. The Hall–Kier alpha value is -3.95. The van der Waals surface area contributed by atoms with Crippen LogP contribution in [0.25, 0.3) is 22.1 Å². The highest BCUT2D eigenvalue weighted by atomic mass is 16.2. The van der Waals surface area contributed by atoms with Crippen LogP contribution in [0.3, 0.4) is 0 Å². The number of imidazole rings is 1. The summed E-state index contributed by atoms with van der Waals surface area (Å²) in [5.74, 6) is -0.425. The van der Waals surface area contributed by atoms with E-state index >= 15 is 0 Å². The van der Waals surface area contributed by atoms with Gasteiger partial charge in [0.25, 0.3) is 11.5 Å². The van der Waals surface area contributed by atoms with Gasteiger partial charge in [0, 0.05) is 36.8 Å². The van der Waals surface area contributed by atoms with Crippen molar-refractivity contribution in [2.24, 2.45) is 19.2 Å². The predicted molar refractivity (Wildman–Crippen MR) is 104 cm³/mol. The molecule has 0 radical (unpaired) electrons. The molecule has 0 aliphatic carbocycles. The Bertz CT molecular complexity index is 1350. The van der Waals surface area contributed by atoms with Gasteiger partial charge in [-0.05, 0) is 6.07 Å². The molecule has 0 saturated heterocycles. The summed E-state index contributed by atoms with van der Waals surface area (Å²) in [5.41, 5.74) is 3.67. The van der Waals surface area contributed by atoms with Gasteiger partial charge in [-0.1, -0.05) is 18.2 Å². The minimum atomic E-state index is -0.509. The number of carbonyl (C=O) groups is 1. The van der Waals surface area contributed by atoms with Gasteiger partial charge in [-0.2, -0.15) is 5.10 Å². The average molecular weight is 379 g/mol. The lowest BCUT2D eigenvalue weighted by Gasteiger charge is -2.05. The van der Waals surface area contributed by atoms with Crippen molar-refractivity contribution in [3.63, 3.8) is 0 Å². The quantitative estimate of drug-likeness (QED) is 0.385. The fourth-order valence-electron chi connectivity index (χ4n) is 3.08. The number of H-pyrrole nitrogens is 1. The Balaban J connectivity index is 1.55. The number of aryl methyl sites for hydroxylation is 1. The molecular formula is C18H17N7O3. The molecule has 3 aromatic heterocycles. The Morgan fingerprint density at radius 1 is 1.25 bits per heavy atom. The largest absolute Gasteiger partial charge is 0.361 e. The zero-order valence-corrected chi connectivity index (χ0v) is 15.2. The Morgan fingerprint density at radius 3 is 2.86 bits per heavy atom. The van der Waals surface area contributed by atoms with E-state index in [9.17, 15) is 14.4 Å². The van der Waals surface area contributed by atoms with Gasteiger partial charge in [0.1, 0.15) is 6.54 Å². The van der Waals surface area contributed by atoms with Crippen molar-refractivity contribution < 1.29 is 4.79 Å². The molecule has 10 heteroatoms. The second-order valence-electron chi connectivity index (χ2n) is 6.33. The minimum Gasteiger partial charge on any atom is -0.361 e. The van der Waals surface area contributed by atoms with Gasteiger partial charge in [0.05, 0.1) is 12.5 Å². The number of hydrogen-bond acceptors (Lipinski definition) is 5. The van der Waals surface area contributed by atoms with Crippen molar-refractivity contribution in [1.29, 1.82) is 0 Å². The number of hydrogen-bond donors (Lipinski definition) is 2. The summed E-state index contributed by atoms with van der Waals surface area (Å²) in [6.07, 6.45) is 4.70. The summed E-state index contributed by atoms with van der Waals surface area (Å²) in [6, 6.07) is 7.75. The van der Waals surface area contributed by atoms with Crippen LogP contribution >= 0.6 is 0 Å². The summed E-state index contributed by atoms with van der Waals surface area (Å²) < 4.78 is 3.64. The fourth-order valence-corrected chi connectivity index (χ4v) is 3.08. The molecule has 0 atom stereocenters. The van der Waals surface area contributed by atoms with Crippen LogP contribution in [0.1, 0.15) is 5.56 Å². The first kappa shape index (κ1) is 17.5. The number of aromatic amines is 1. The van der Waals surface area contributed by atoms with Crippen LogP contribution in [-0.4, -0.2) is 35.8 Å². The van der Waals surface area contributed by atoms with E-state index in [2.05, 4.69) is 20.5 Å². The van der Waals surface area contributed by atoms with E-state index in [1.54, 1.807) is 12.4 Å². The molecule has 0 saturated carbocycles. The van der Waals surface area contributed by atoms with Crippen LogP contribution in [0.15, 0.2) is 51.5 Å². The van der Waals surface area contributed by atoms with E-state index in [1.807, 2.05) is 24.3 Å². The first-order valence-corrected chi connectivity index (χ1v) is 8.46. The number of para-hydroxylation sites is 1. The highest BCUT2D eigenvalue weighted by Crippen LogP contribution is 2.15. The number of fused-ring (bicyclic) bond motifs is 2. The van der Waals surface area contributed by atoms with Crippen LogP contribution in [0.2, 0.25) is 0 Å². The highest BCUT2D eigenvalue weighted by molar-refractivity contribution is 5.99. The molecule has 28 heavy (non-hydrogen) atoms. The maximum atomic E-state index is 12.4.